The predicted molar refractivity (Wildman–Crippen MR) is 59.8 cm³/mol. The van der Waals surface area contributed by atoms with Crippen molar-refractivity contribution in [2.75, 3.05) is 6.54 Å². The van der Waals surface area contributed by atoms with E-state index in [1.54, 1.807) is 6.08 Å². The molecule has 0 saturated carbocycles. The Morgan fingerprint density at radius 2 is 2.40 bits per heavy atom. The number of aryl methyl sites for hydroxylation is 2. The van der Waals surface area contributed by atoms with E-state index < -0.39 is 0 Å². The van der Waals surface area contributed by atoms with Crippen molar-refractivity contribution in [1.82, 2.24) is 0 Å². The number of nitrogens with zero attached hydrogens (tertiary/aromatic N) is 1. The Labute approximate surface area is 90.0 Å². The van der Waals surface area contributed by atoms with E-state index in [2.05, 4.69) is 30.1 Å². The van der Waals surface area contributed by atoms with Crippen LogP contribution < -0.4 is 0 Å². The monoisotopic (exact) mass is 201 g/mol. The summed E-state index contributed by atoms with van der Waals surface area (Å²) in [5.41, 5.74) is 4.13. The fraction of sp³-hybridized carbons (Fsp3) is 0.462. The van der Waals surface area contributed by atoms with Crippen LogP contribution in [0.2, 0.25) is 0 Å². The first kappa shape index (κ1) is 10.1. The number of carbonyl (C=O) groups excluding carboxylic acids is 1. The van der Waals surface area contributed by atoms with Crippen LogP contribution in [0.15, 0.2) is 23.2 Å². The molecule has 0 N–H and O–H groups in total. The average Bonchev–Trinajstić information content (AvgIpc) is 2.25. The van der Waals surface area contributed by atoms with Gasteiger partial charge in [-0.3, -0.25) is 0 Å². The number of aliphatic imine (C=N–C) groups is 1. The molecule has 0 aromatic heterocycles. The van der Waals surface area contributed by atoms with Crippen molar-refractivity contribution in [2.45, 2.75) is 32.1 Å². The minimum Gasteiger partial charge on any atom is -0.211 e. The lowest BCUT2D eigenvalue weighted by Crippen LogP contribution is -2.12. The van der Waals surface area contributed by atoms with Crippen LogP contribution in [0.1, 0.15) is 35.4 Å². The first-order valence-corrected chi connectivity index (χ1v) is 5.44. The standard InChI is InChI=1S/C13H15NO/c1-10-5-6-13-11(7-10)3-2-4-12(13)8-14-9-15/h5-7,12H,2-4,8H2,1H3. The number of hydrogen-bond donors (Lipinski definition) is 0. The third-order valence-corrected chi connectivity index (χ3v) is 3.11. The normalized spacial score (nSPS) is 19.1. The maximum absolute atomic E-state index is 10.1. The van der Waals surface area contributed by atoms with Crippen LogP contribution in [-0.4, -0.2) is 12.6 Å². The molecule has 0 spiro atoms. The van der Waals surface area contributed by atoms with Crippen LogP contribution in [0.4, 0.5) is 0 Å². The summed E-state index contributed by atoms with van der Waals surface area (Å²) in [4.78, 5) is 13.8. The molecule has 78 valence electrons. The minimum absolute atomic E-state index is 0.427. The van der Waals surface area contributed by atoms with E-state index in [0.29, 0.717) is 12.5 Å². The molecule has 1 atom stereocenters. The van der Waals surface area contributed by atoms with Crippen LogP contribution in [0, 0.1) is 6.92 Å². The van der Waals surface area contributed by atoms with Gasteiger partial charge in [-0.25, -0.2) is 9.79 Å². The molecule has 1 unspecified atom stereocenters. The summed E-state index contributed by atoms with van der Waals surface area (Å²) in [6, 6.07) is 6.59. The molecule has 1 aliphatic carbocycles. The third kappa shape index (κ3) is 2.16. The highest BCUT2D eigenvalue weighted by Gasteiger charge is 2.19. The zero-order chi connectivity index (χ0) is 10.7. The summed E-state index contributed by atoms with van der Waals surface area (Å²) in [6.07, 6.45) is 5.14. The Balaban J connectivity index is 2.29. The summed E-state index contributed by atoms with van der Waals surface area (Å²) in [6.45, 7) is 2.72. The van der Waals surface area contributed by atoms with Gasteiger partial charge >= 0.3 is 0 Å². The maximum Gasteiger partial charge on any atom is 0.234 e. The highest BCUT2D eigenvalue weighted by atomic mass is 16.1. The molecular weight excluding hydrogens is 186 g/mol. The molecule has 0 heterocycles. The Morgan fingerprint density at radius 1 is 1.53 bits per heavy atom. The van der Waals surface area contributed by atoms with Gasteiger partial charge in [0.2, 0.25) is 6.08 Å². The Bertz CT molecular complexity index is 405. The van der Waals surface area contributed by atoms with Gasteiger partial charge in [-0.2, -0.15) is 0 Å². The molecule has 0 radical (unpaired) electrons. The van der Waals surface area contributed by atoms with Gasteiger partial charge in [0, 0.05) is 5.92 Å². The molecule has 2 nitrogen and oxygen atoms in total. The molecule has 0 saturated heterocycles. The highest BCUT2D eigenvalue weighted by molar-refractivity contribution is 5.37. The van der Waals surface area contributed by atoms with E-state index in [9.17, 15) is 4.79 Å². The molecule has 0 fully saturated rings. The maximum atomic E-state index is 10.1. The number of hydrogen-bond acceptors (Lipinski definition) is 2. The minimum atomic E-state index is 0.427. The fourth-order valence-corrected chi connectivity index (χ4v) is 2.38. The zero-order valence-electron chi connectivity index (χ0n) is 8.99. The summed E-state index contributed by atoms with van der Waals surface area (Å²) < 4.78 is 0. The van der Waals surface area contributed by atoms with Crippen molar-refractivity contribution >= 4 is 6.08 Å². The van der Waals surface area contributed by atoms with Gasteiger partial charge in [-0.15, -0.1) is 0 Å². The highest BCUT2D eigenvalue weighted by Crippen LogP contribution is 2.32. The summed E-state index contributed by atoms with van der Waals surface area (Å²) in [7, 11) is 0. The van der Waals surface area contributed by atoms with E-state index in [-0.39, 0.29) is 0 Å². The van der Waals surface area contributed by atoms with Crippen molar-refractivity contribution in [3.63, 3.8) is 0 Å². The van der Waals surface area contributed by atoms with Crippen LogP contribution in [0.25, 0.3) is 0 Å². The molecule has 1 aliphatic rings. The number of benzene rings is 1. The lowest BCUT2D eigenvalue weighted by molar-refractivity contribution is 0.543. The average molecular weight is 201 g/mol. The Morgan fingerprint density at radius 3 is 3.20 bits per heavy atom. The van der Waals surface area contributed by atoms with Gasteiger partial charge in [0.25, 0.3) is 0 Å². The number of fused-ring (bicyclic) bond motifs is 1. The lowest BCUT2D eigenvalue weighted by atomic mass is 9.82. The predicted octanol–water partition coefficient (Wildman–Crippen LogP) is 2.75. The molecule has 15 heavy (non-hydrogen) atoms. The van der Waals surface area contributed by atoms with Gasteiger partial charge in [-0.05, 0) is 37.3 Å². The van der Waals surface area contributed by atoms with Gasteiger partial charge in [-0.1, -0.05) is 23.8 Å². The second kappa shape index (κ2) is 4.41. The quantitative estimate of drug-likeness (QED) is 0.534. The summed E-state index contributed by atoms with van der Waals surface area (Å²) in [5, 5.41) is 0. The van der Waals surface area contributed by atoms with Crippen LogP contribution in [-0.2, 0) is 11.2 Å². The topological polar surface area (TPSA) is 29.4 Å². The molecule has 0 bridgehead atoms. The zero-order valence-corrected chi connectivity index (χ0v) is 8.99. The van der Waals surface area contributed by atoms with Crippen molar-refractivity contribution in [1.29, 1.82) is 0 Å². The van der Waals surface area contributed by atoms with E-state index in [1.807, 2.05) is 0 Å². The van der Waals surface area contributed by atoms with Crippen LogP contribution in [0.5, 0.6) is 0 Å². The Kier molecular flexibility index (Phi) is 2.98. The van der Waals surface area contributed by atoms with E-state index in [4.69, 9.17) is 0 Å². The first-order valence-electron chi connectivity index (χ1n) is 5.44. The van der Waals surface area contributed by atoms with E-state index >= 15 is 0 Å². The summed E-state index contributed by atoms with van der Waals surface area (Å²) in [5.74, 6) is 0.427. The van der Waals surface area contributed by atoms with Gasteiger partial charge in [0.05, 0.1) is 6.54 Å². The molecule has 1 aromatic carbocycles. The molecule has 1 aromatic rings. The van der Waals surface area contributed by atoms with Gasteiger partial charge < -0.3 is 0 Å². The number of rotatable bonds is 2. The largest absolute Gasteiger partial charge is 0.234 e. The Hall–Kier alpha value is -1.40. The third-order valence-electron chi connectivity index (χ3n) is 3.11. The second-order valence-corrected chi connectivity index (χ2v) is 4.22. The van der Waals surface area contributed by atoms with Gasteiger partial charge in [0.15, 0.2) is 0 Å². The molecule has 2 heteroatoms. The van der Waals surface area contributed by atoms with Crippen molar-refractivity contribution in [2.24, 2.45) is 4.99 Å². The second-order valence-electron chi connectivity index (χ2n) is 4.22. The van der Waals surface area contributed by atoms with Crippen LogP contribution >= 0.6 is 0 Å². The van der Waals surface area contributed by atoms with Crippen molar-refractivity contribution < 1.29 is 4.79 Å². The van der Waals surface area contributed by atoms with E-state index in [0.717, 1.165) is 12.8 Å². The first-order chi connectivity index (χ1) is 7.31. The lowest BCUT2D eigenvalue weighted by Gasteiger charge is -2.24. The van der Waals surface area contributed by atoms with Crippen molar-refractivity contribution in [3.05, 3.63) is 34.9 Å². The van der Waals surface area contributed by atoms with E-state index in [1.165, 1.54) is 23.1 Å². The molecule has 0 aliphatic heterocycles. The van der Waals surface area contributed by atoms with Gasteiger partial charge in [0.1, 0.15) is 0 Å². The number of isocyanates is 1. The SMILES string of the molecule is Cc1ccc2c(c1)CCCC2CN=C=O. The summed E-state index contributed by atoms with van der Waals surface area (Å²) >= 11 is 0. The molecule has 2 rings (SSSR count). The molecular formula is C13H15NO. The molecule has 0 amide bonds. The van der Waals surface area contributed by atoms with Crippen LogP contribution in [0.3, 0.4) is 0 Å². The van der Waals surface area contributed by atoms with Crippen molar-refractivity contribution in [3.8, 4) is 0 Å². The fourth-order valence-electron chi connectivity index (χ4n) is 2.38. The smallest absolute Gasteiger partial charge is 0.211 e.